The highest BCUT2D eigenvalue weighted by Gasteiger charge is 2.12. The number of anilines is 1. The van der Waals surface area contributed by atoms with Gasteiger partial charge in [-0.05, 0) is 66.7 Å². The van der Waals surface area contributed by atoms with Crippen LogP contribution in [-0.4, -0.2) is 18.3 Å². The number of ether oxygens (including phenoxy) is 2. The number of hydrogen-bond donors (Lipinski definition) is 1. The Morgan fingerprint density at radius 2 is 1.52 bits per heavy atom. The summed E-state index contributed by atoms with van der Waals surface area (Å²) in [6.07, 6.45) is 0. The summed E-state index contributed by atoms with van der Waals surface area (Å²) < 4.78 is 11.7. The van der Waals surface area contributed by atoms with Crippen LogP contribution in [0.4, 0.5) is 5.69 Å². The van der Waals surface area contributed by atoms with Crippen molar-refractivity contribution in [3.8, 4) is 17.2 Å². The van der Waals surface area contributed by atoms with Gasteiger partial charge in [0.05, 0.1) is 12.3 Å². The number of nitrogens with one attached hydrogen (secondary N) is 1. The molecule has 4 aromatic rings. The van der Waals surface area contributed by atoms with Gasteiger partial charge in [-0.15, -0.1) is 11.8 Å². The van der Waals surface area contributed by atoms with E-state index in [1.54, 1.807) is 54.2 Å². The maximum Gasteiger partial charge on any atom is 0.255 e. The summed E-state index contributed by atoms with van der Waals surface area (Å²) in [7, 11) is 0. The largest absolute Gasteiger partial charge is 0.493 e. The van der Waals surface area contributed by atoms with Crippen LogP contribution in [0.2, 0.25) is 5.02 Å². The zero-order chi connectivity index (χ0) is 22.9. The van der Waals surface area contributed by atoms with Crippen molar-refractivity contribution in [1.82, 2.24) is 0 Å². The summed E-state index contributed by atoms with van der Waals surface area (Å²) in [6, 6.07) is 31.7. The Morgan fingerprint density at radius 1 is 0.818 bits per heavy atom. The fourth-order valence-corrected chi connectivity index (χ4v) is 3.96. The molecule has 0 saturated carbocycles. The van der Waals surface area contributed by atoms with Crippen molar-refractivity contribution in [2.24, 2.45) is 0 Å². The number of hydrogen-bond acceptors (Lipinski definition) is 4. The molecule has 0 bridgehead atoms. The van der Waals surface area contributed by atoms with Crippen molar-refractivity contribution >= 4 is 35.0 Å². The predicted molar refractivity (Wildman–Crippen MR) is 135 cm³/mol. The van der Waals surface area contributed by atoms with Gasteiger partial charge in [0.1, 0.15) is 11.5 Å². The maximum absolute atomic E-state index is 12.8. The number of halogens is 1. The van der Waals surface area contributed by atoms with Crippen LogP contribution in [0.5, 0.6) is 17.2 Å². The van der Waals surface area contributed by atoms with Gasteiger partial charge >= 0.3 is 0 Å². The van der Waals surface area contributed by atoms with E-state index in [0.29, 0.717) is 34.4 Å². The molecule has 4 aromatic carbocycles. The van der Waals surface area contributed by atoms with E-state index in [2.05, 4.69) is 17.4 Å². The van der Waals surface area contributed by atoms with Crippen LogP contribution < -0.4 is 14.8 Å². The van der Waals surface area contributed by atoms with Crippen LogP contribution in [0.3, 0.4) is 0 Å². The molecule has 0 aromatic heterocycles. The Morgan fingerprint density at radius 3 is 2.24 bits per heavy atom. The molecular formula is C27H22ClNO3S. The monoisotopic (exact) mass is 475 g/mol. The van der Waals surface area contributed by atoms with E-state index in [-0.39, 0.29) is 5.91 Å². The van der Waals surface area contributed by atoms with Crippen LogP contribution in [0.15, 0.2) is 108 Å². The third kappa shape index (κ3) is 6.78. The van der Waals surface area contributed by atoms with E-state index in [1.165, 1.54) is 4.90 Å². The second-order valence-electron chi connectivity index (χ2n) is 7.04. The highest BCUT2D eigenvalue weighted by Crippen LogP contribution is 2.32. The lowest BCUT2D eigenvalue weighted by Gasteiger charge is -2.13. The molecular weight excluding hydrogens is 454 g/mol. The normalized spacial score (nSPS) is 10.5. The van der Waals surface area contributed by atoms with E-state index < -0.39 is 0 Å². The van der Waals surface area contributed by atoms with Crippen molar-refractivity contribution in [2.45, 2.75) is 4.90 Å². The van der Waals surface area contributed by atoms with Crippen molar-refractivity contribution in [3.63, 3.8) is 0 Å². The van der Waals surface area contributed by atoms with Crippen LogP contribution in [0.25, 0.3) is 0 Å². The molecule has 0 heterocycles. The highest BCUT2D eigenvalue weighted by molar-refractivity contribution is 7.99. The van der Waals surface area contributed by atoms with Gasteiger partial charge in [0.25, 0.3) is 5.91 Å². The number of carbonyl (C=O) groups is 1. The smallest absolute Gasteiger partial charge is 0.255 e. The molecule has 0 unspecified atom stereocenters. The molecule has 0 aliphatic rings. The van der Waals surface area contributed by atoms with Gasteiger partial charge < -0.3 is 14.8 Å². The molecule has 4 rings (SSSR count). The van der Waals surface area contributed by atoms with Crippen LogP contribution in [-0.2, 0) is 0 Å². The van der Waals surface area contributed by atoms with Crippen molar-refractivity contribution in [1.29, 1.82) is 0 Å². The van der Waals surface area contributed by atoms with E-state index in [4.69, 9.17) is 21.1 Å². The Bertz CT molecular complexity index is 1190. The topological polar surface area (TPSA) is 47.6 Å². The van der Waals surface area contributed by atoms with Gasteiger partial charge in [-0.25, -0.2) is 0 Å². The predicted octanol–water partition coefficient (Wildman–Crippen LogP) is 7.56. The molecule has 1 N–H and O–H groups in total. The third-order valence-corrected chi connectivity index (χ3v) is 5.85. The van der Waals surface area contributed by atoms with Gasteiger partial charge in [0, 0.05) is 21.2 Å². The highest BCUT2D eigenvalue weighted by atomic mass is 35.5. The Labute approximate surface area is 202 Å². The summed E-state index contributed by atoms with van der Waals surface area (Å²) in [4.78, 5) is 14.0. The number of carbonyl (C=O) groups excluding carboxylic acids is 1. The molecule has 0 fully saturated rings. The van der Waals surface area contributed by atoms with Gasteiger partial charge in [-0.3, -0.25) is 4.79 Å². The molecule has 33 heavy (non-hydrogen) atoms. The second-order valence-corrected chi connectivity index (χ2v) is 8.65. The first-order valence-corrected chi connectivity index (χ1v) is 11.8. The molecule has 0 aliphatic heterocycles. The lowest BCUT2D eigenvalue weighted by atomic mass is 10.2. The van der Waals surface area contributed by atoms with Crippen LogP contribution >= 0.6 is 23.4 Å². The van der Waals surface area contributed by atoms with E-state index in [0.717, 1.165) is 11.5 Å². The summed E-state index contributed by atoms with van der Waals surface area (Å²) >= 11 is 7.88. The average Bonchev–Trinajstić information content (AvgIpc) is 2.85. The lowest BCUT2D eigenvalue weighted by molar-refractivity contribution is 0.102. The number of amides is 1. The average molecular weight is 476 g/mol. The van der Waals surface area contributed by atoms with E-state index >= 15 is 0 Å². The van der Waals surface area contributed by atoms with Gasteiger partial charge in [0.15, 0.2) is 5.75 Å². The number of rotatable bonds is 9. The zero-order valence-electron chi connectivity index (χ0n) is 17.7. The van der Waals surface area contributed by atoms with Gasteiger partial charge in [0.2, 0.25) is 0 Å². The van der Waals surface area contributed by atoms with Gasteiger partial charge in [-0.2, -0.15) is 0 Å². The van der Waals surface area contributed by atoms with E-state index in [1.807, 2.05) is 48.5 Å². The van der Waals surface area contributed by atoms with E-state index in [9.17, 15) is 4.79 Å². The van der Waals surface area contributed by atoms with Gasteiger partial charge in [-0.1, -0.05) is 48.0 Å². The molecule has 0 aliphatic carbocycles. The Kier molecular flexibility index (Phi) is 7.90. The Hall–Kier alpha value is -3.41. The van der Waals surface area contributed by atoms with Crippen molar-refractivity contribution < 1.29 is 14.3 Å². The maximum atomic E-state index is 12.8. The quantitative estimate of drug-likeness (QED) is 0.200. The summed E-state index contributed by atoms with van der Waals surface area (Å²) in [6.45, 7) is 0.577. The molecule has 0 saturated heterocycles. The first-order chi connectivity index (χ1) is 16.2. The first kappa shape index (κ1) is 22.8. The third-order valence-electron chi connectivity index (χ3n) is 4.64. The molecule has 0 spiro atoms. The summed E-state index contributed by atoms with van der Waals surface area (Å²) in [5.41, 5.74) is 1.00. The van der Waals surface area contributed by atoms with Crippen LogP contribution in [0, 0.1) is 0 Å². The molecule has 0 atom stereocenters. The molecule has 4 nitrogen and oxygen atoms in total. The summed E-state index contributed by atoms with van der Waals surface area (Å²) in [5, 5.41) is 3.39. The molecule has 1 amide bonds. The molecule has 0 radical (unpaired) electrons. The van der Waals surface area contributed by atoms with Crippen molar-refractivity contribution in [3.05, 3.63) is 114 Å². The number of thioether (sulfide) groups is 1. The Balaban J connectivity index is 1.34. The number of para-hydroxylation sites is 1. The standard InChI is InChI=1S/C27H22ClNO3S/c28-21-13-16-26(32-23-7-3-1-4-8-23)25(19-21)29-27(30)20-11-14-22(15-12-20)31-17-18-33-24-9-5-2-6-10-24/h1-16,19H,17-18H2,(H,29,30). The minimum atomic E-state index is -0.263. The fraction of sp³-hybridized carbons (Fsp3) is 0.0741. The fourth-order valence-electron chi connectivity index (χ4n) is 3.04. The zero-order valence-corrected chi connectivity index (χ0v) is 19.3. The molecule has 166 valence electrons. The SMILES string of the molecule is O=C(Nc1cc(Cl)ccc1Oc1ccccc1)c1ccc(OCCSc2ccccc2)cc1. The second kappa shape index (κ2) is 11.5. The molecule has 6 heteroatoms. The van der Waals surface area contributed by atoms with Crippen LogP contribution in [0.1, 0.15) is 10.4 Å². The number of benzene rings is 4. The minimum absolute atomic E-state index is 0.263. The van der Waals surface area contributed by atoms with Crippen molar-refractivity contribution in [2.75, 3.05) is 17.7 Å². The minimum Gasteiger partial charge on any atom is -0.493 e. The lowest BCUT2D eigenvalue weighted by Crippen LogP contribution is -2.12. The first-order valence-electron chi connectivity index (χ1n) is 10.4. The summed E-state index contributed by atoms with van der Waals surface area (Å²) in [5.74, 6) is 2.47.